The summed E-state index contributed by atoms with van der Waals surface area (Å²) in [7, 11) is 1.25. The number of phenolic OH excluding ortho intramolecular Hbond substituents is 1. The number of amides is 1. The standard InChI is InChI=1S/C20H22ClNO6/c1-4-28-14-7-10(6-12(21)18(14)24)11-8-15(23)22-13-5-9(2)16(20(26)27-3)19(25)17(11)13/h6-7,9,11,16,24H,4-5,8H2,1-3H3,(H,22,23)/t9-,11+,16-/m1/s1. The minimum atomic E-state index is -0.916. The highest BCUT2D eigenvalue weighted by Gasteiger charge is 2.45. The van der Waals surface area contributed by atoms with Crippen LogP contribution >= 0.6 is 11.6 Å². The molecule has 3 atom stereocenters. The number of ketones is 1. The number of nitrogens with one attached hydrogen (secondary N) is 1. The lowest BCUT2D eigenvalue weighted by Gasteiger charge is -2.36. The normalized spacial score (nSPS) is 24.5. The second kappa shape index (κ2) is 7.83. The van der Waals surface area contributed by atoms with E-state index in [1.165, 1.54) is 13.2 Å². The van der Waals surface area contributed by atoms with Crippen LogP contribution in [0, 0.1) is 11.8 Å². The minimum absolute atomic E-state index is 0.0273. The third-order valence-corrected chi connectivity index (χ3v) is 5.49. The number of aromatic hydroxyl groups is 1. The van der Waals surface area contributed by atoms with Crippen LogP contribution in [0.2, 0.25) is 5.02 Å². The SMILES string of the molecule is CCOc1cc([C@@H]2CC(=O)NC3=C2C(=O)[C@H](C(=O)OC)[C@H](C)C3)cc(Cl)c1O. The molecule has 1 aromatic carbocycles. The van der Waals surface area contributed by atoms with Crippen molar-refractivity contribution in [1.82, 2.24) is 5.32 Å². The van der Waals surface area contributed by atoms with Crippen molar-refractivity contribution in [2.75, 3.05) is 13.7 Å². The van der Waals surface area contributed by atoms with Gasteiger partial charge in [-0.15, -0.1) is 0 Å². The molecule has 1 amide bonds. The fourth-order valence-electron chi connectivity index (χ4n) is 3.94. The highest BCUT2D eigenvalue weighted by atomic mass is 35.5. The van der Waals surface area contributed by atoms with Gasteiger partial charge in [-0.1, -0.05) is 18.5 Å². The smallest absolute Gasteiger partial charge is 0.316 e. The van der Waals surface area contributed by atoms with Crippen LogP contribution in [-0.4, -0.2) is 36.5 Å². The van der Waals surface area contributed by atoms with Crippen LogP contribution < -0.4 is 10.1 Å². The number of methoxy groups -OCH3 is 1. The molecular weight excluding hydrogens is 386 g/mol. The molecule has 1 aromatic rings. The Morgan fingerprint density at radius 3 is 2.68 bits per heavy atom. The van der Waals surface area contributed by atoms with Gasteiger partial charge in [0.2, 0.25) is 5.91 Å². The summed E-state index contributed by atoms with van der Waals surface area (Å²) in [5, 5.41) is 12.9. The Bertz CT molecular complexity index is 878. The number of hydrogen-bond acceptors (Lipinski definition) is 6. The van der Waals surface area contributed by atoms with E-state index in [0.717, 1.165) is 0 Å². The molecule has 0 bridgehead atoms. The monoisotopic (exact) mass is 407 g/mol. The van der Waals surface area contributed by atoms with Crippen molar-refractivity contribution in [2.24, 2.45) is 11.8 Å². The molecule has 0 fully saturated rings. The van der Waals surface area contributed by atoms with Crippen LogP contribution in [0.1, 0.15) is 38.2 Å². The van der Waals surface area contributed by atoms with E-state index in [9.17, 15) is 19.5 Å². The maximum absolute atomic E-state index is 13.2. The van der Waals surface area contributed by atoms with E-state index in [4.69, 9.17) is 21.1 Å². The summed E-state index contributed by atoms with van der Waals surface area (Å²) in [6.07, 6.45) is 0.409. The van der Waals surface area contributed by atoms with Crippen molar-refractivity contribution in [1.29, 1.82) is 0 Å². The number of esters is 1. The molecule has 0 aromatic heterocycles. The van der Waals surface area contributed by atoms with Gasteiger partial charge in [-0.2, -0.15) is 0 Å². The average molecular weight is 408 g/mol. The van der Waals surface area contributed by atoms with E-state index in [2.05, 4.69) is 5.32 Å². The van der Waals surface area contributed by atoms with E-state index in [1.807, 2.05) is 0 Å². The zero-order valence-electron chi connectivity index (χ0n) is 15.9. The van der Waals surface area contributed by atoms with E-state index in [-0.39, 0.29) is 40.6 Å². The Kier molecular flexibility index (Phi) is 5.65. The first kappa shape index (κ1) is 20.2. The number of ether oxygens (including phenoxy) is 2. The molecule has 3 rings (SSSR count). The van der Waals surface area contributed by atoms with E-state index < -0.39 is 17.8 Å². The number of allylic oxidation sites excluding steroid dienone is 2. The first-order chi connectivity index (χ1) is 13.3. The molecule has 1 heterocycles. The summed E-state index contributed by atoms with van der Waals surface area (Å²) in [4.78, 5) is 37.7. The first-order valence-electron chi connectivity index (χ1n) is 9.08. The highest BCUT2D eigenvalue weighted by molar-refractivity contribution is 6.32. The van der Waals surface area contributed by atoms with Crippen molar-refractivity contribution >= 4 is 29.3 Å². The number of benzene rings is 1. The molecule has 2 N–H and O–H groups in total. The zero-order valence-corrected chi connectivity index (χ0v) is 16.6. The van der Waals surface area contributed by atoms with Gasteiger partial charge in [0.1, 0.15) is 5.92 Å². The molecule has 0 spiro atoms. The number of halogens is 1. The molecule has 0 radical (unpaired) electrons. The molecule has 1 aliphatic heterocycles. The summed E-state index contributed by atoms with van der Waals surface area (Å²) in [5.74, 6) is -2.97. The summed E-state index contributed by atoms with van der Waals surface area (Å²) in [5.41, 5.74) is 1.48. The zero-order chi connectivity index (χ0) is 20.6. The van der Waals surface area contributed by atoms with Gasteiger partial charge in [0.05, 0.1) is 18.7 Å². The minimum Gasteiger partial charge on any atom is -0.503 e. The van der Waals surface area contributed by atoms with Crippen molar-refractivity contribution in [3.63, 3.8) is 0 Å². The Morgan fingerprint density at radius 1 is 1.32 bits per heavy atom. The predicted molar refractivity (Wildman–Crippen MR) is 101 cm³/mol. The van der Waals surface area contributed by atoms with Gasteiger partial charge in [0, 0.05) is 23.6 Å². The molecule has 150 valence electrons. The van der Waals surface area contributed by atoms with Crippen LogP contribution in [0.4, 0.5) is 0 Å². The fourth-order valence-corrected chi connectivity index (χ4v) is 4.16. The van der Waals surface area contributed by atoms with E-state index in [0.29, 0.717) is 29.9 Å². The Morgan fingerprint density at radius 2 is 2.04 bits per heavy atom. The Labute approximate surface area is 167 Å². The quantitative estimate of drug-likeness (QED) is 0.587. The van der Waals surface area contributed by atoms with Crippen LogP contribution in [0.3, 0.4) is 0 Å². The molecule has 0 saturated heterocycles. The lowest BCUT2D eigenvalue weighted by atomic mass is 9.70. The molecule has 8 heteroatoms. The number of carbonyl (C=O) groups excluding carboxylic acids is 3. The van der Waals surface area contributed by atoms with E-state index >= 15 is 0 Å². The van der Waals surface area contributed by atoms with Crippen molar-refractivity contribution in [3.05, 3.63) is 34.0 Å². The Balaban J connectivity index is 2.11. The van der Waals surface area contributed by atoms with Gasteiger partial charge >= 0.3 is 5.97 Å². The molecule has 0 saturated carbocycles. The first-order valence-corrected chi connectivity index (χ1v) is 9.46. The number of hydrogen-bond donors (Lipinski definition) is 2. The van der Waals surface area contributed by atoms with Crippen molar-refractivity contribution < 1.29 is 29.0 Å². The maximum Gasteiger partial charge on any atom is 0.316 e. The third kappa shape index (κ3) is 3.46. The summed E-state index contributed by atoms with van der Waals surface area (Å²) < 4.78 is 10.2. The molecule has 2 aliphatic rings. The topological polar surface area (TPSA) is 102 Å². The van der Waals surface area contributed by atoms with Gasteiger partial charge in [0.25, 0.3) is 0 Å². The second-order valence-electron chi connectivity index (χ2n) is 7.03. The lowest BCUT2D eigenvalue weighted by Crippen LogP contribution is -2.44. The van der Waals surface area contributed by atoms with E-state index in [1.54, 1.807) is 19.9 Å². The number of carbonyl (C=O) groups is 3. The number of rotatable bonds is 4. The largest absolute Gasteiger partial charge is 0.503 e. The number of Topliss-reactive ketones (excluding diaryl/α,β-unsaturated/α-hetero) is 1. The number of phenols is 1. The van der Waals surface area contributed by atoms with Crippen LogP contribution in [0.5, 0.6) is 11.5 Å². The van der Waals surface area contributed by atoms with Crippen LogP contribution in [0.25, 0.3) is 0 Å². The molecule has 1 aliphatic carbocycles. The van der Waals surface area contributed by atoms with Gasteiger partial charge < -0.3 is 19.9 Å². The summed E-state index contributed by atoms with van der Waals surface area (Å²) in [6.45, 7) is 3.86. The van der Waals surface area contributed by atoms with Crippen LogP contribution in [0.15, 0.2) is 23.4 Å². The van der Waals surface area contributed by atoms with Gasteiger partial charge in [-0.3, -0.25) is 14.4 Å². The molecular formula is C20H22ClNO6. The molecule has 7 nitrogen and oxygen atoms in total. The Hall–Kier alpha value is -2.54. The fraction of sp³-hybridized carbons (Fsp3) is 0.450. The molecule has 0 unspecified atom stereocenters. The highest BCUT2D eigenvalue weighted by Crippen LogP contribution is 2.45. The summed E-state index contributed by atoms with van der Waals surface area (Å²) in [6, 6.07) is 3.10. The maximum atomic E-state index is 13.2. The summed E-state index contributed by atoms with van der Waals surface area (Å²) >= 11 is 6.14. The molecule has 28 heavy (non-hydrogen) atoms. The lowest BCUT2D eigenvalue weighted by molar-refractivity contribution is -0.151. The average Bonchev–Trinajstić information content (AvgIpc) is 2.64. The second-order valence-corrected chi connectivity index (χ2v) is 7.43. The van der Waals surface area contributed by atoms with Gasteiger partial charge in [-0.05, 0) is 37.0 Å². The van der Waals surface area contributed by atoms with Gasteiger partial charge in [0.15, 0.2) is 17.3 Å². The predicted octanol–water partition coefficient (Wildman–Crippen LogP) is 2.70. The van der Waals surface area contributed by atoms with Crippen molar-refractivity contribution in [3.8, 4) is 11.5 Å². The van der Waals surface area contributed by atoms with Gasteiger partial charge in [-0.25, -0.2) is 0 Å². The van der Waals surface area contributed by atoms with Crippen LogP contribution in [-0.2, 0) is 19.1 Å². The third-order valence-electron chi connectivity index (χ3n) is 5.20. The van der Waals surface area contributed by atoms with Crippen molar-refractivity contribution in [2.45, 2.75) is 32.6 Å².